The lowest BCUT2D eigenvalue weighted by atomic mass is 10.2. The first-order valence-corrected chi connectivity index (χ1v) is 8.21. The van der Waals surface area contributed by atoms with E-state index in [1.807, 2.05) is 13.8 Å². The third-order valence-electron chi connectivity index (χ3n) is 3.17. The van der Waals surface area contributed by atoms with Crippen molar-refractivity contribution in [1.82, 2.24) is 14.6 Å². The average molecular weight is 313 g/mol. The molecular weight excluding hydrogens is 286 g/mol. The maximum Gasteiger partial charge on any atom is 0.258 e. The molecule has 0 bridgehead atoms. The van der Waals surface area contributed by atoms with E-state index in [0.717, 1.165) is 24.6 Å². The first kappa shape index (κ1) is 17.7. The molecule has 0 fully saturated rings. The zero-order chi connectivity index (χ0) is 16.0. The van der Waals surface area contributed by atoms with E-state index in [2.05, 4.69) is 40.7 Å². The Morgan fingerprint density at radius 1 is 1.33 bits per heavy atom. The number of nitrogens with two attached hydrogens (primary N) is 1. The molecule has 0 aromatic carbocycles. The molecule has 6 nitrogen and oxygen atoms in total. The summed E-state index contributed by atoms with van der Waals surface area (Å²) in [6.07, 6.45) is 0. The third-order valence-corrected chi connectivity index (χ3v) is 3.96. The van der Waals surface area contributed by atoms with Crippen molar-refractivity contribution in [3.63, 3.8) is 0 Å². The monoisotopic (exact) mass is 313 g/mol. The summed E-state index contributed by atoms with van der Waals surface area (Å²) in [7, 11) is 0. The molecule has 0 aliphatic carbocycles. The van der Waals surface area contributed by atoms with Crippen molar-refractivity contribution in [2.75, 3.05) is 30.7 Å². The molecule has 0 saturated heterocycles. The van der Waals surface area contributed by atoms with Crippen LogP contribution in [-0.2, 0) is 0 Å². The van der Waals surface area contributed by atoms with Crippen molar-refractivity contribution < 1.29 is 4.79 Å². The number of carbonyl (C=O) groups excluding carboxylic acids is 1. The summed E-state index contributed by atoms with van der Waals surface area (Å²) < 4.78 is 4.10. The molecule has 1 aromatic rings. The van der Waals surface area contributed by atoms with Gasteiger partial charge < -0.3 is 21.3 Å². The van der Waals surface area contributed by atoms with Crippen LogP contribution in [0.25, 0.3) is 0 Å². The number of aromatic nitrogens is 1. The Morgan fingerprint density at radius 2 is 1.95 bits per heavy atom. The van der Waals surface area contributed by atoms with E-state index >= 15 is 0 Å². The van der Waals surface area contributed by atoms with E-state index in [-0.39, 0.29) is 23.8 Å². The van der Waals surface area contributed by atoms with E-state index in [1.165, 1.54) is 11.5 Å². The number of nitrogens with one attached hydrogen (secondary N) is 2. The quantitative estimate of drug-likeness (QED) is 0.684. The predicted molar refractivity (Wildman–Crippen MR) is 90.0 cm³/mol. The second kappa shape index (κ2) is 8.19. The molecular formula is C14H27N5OS. The molecule has 1 heterocycles. The van der Waals surface area contributed by atoms with Gasteiger partial charge in [0.1, 0.15) is 10.6 Å². The number of anilines is 2. The van der Waals surface area contributed by atoms with Crippen LogP contribution in [0.4, 0.5) is 10.8 Å². The Hall–Kier alpha value is -1.34. The molecule has 1 unspecified atom stereocenters. The summed E-state index contributed by atoms with van der Waals surface area (Å²) in [4.78, 5) is 14.5. The molecule has 0 aliphatic heterocycles. The van der Waals surface area contributed by atoms with Crippen LogP contribution >= 0.6 is 11.5 Å². The Bertz CT molecular complexity index is 456. The van der Waals surface area contributed by atoms with Gasteiger partial charge in [-0.25, -0.2) is 0 Å². The highest BCUT2D eigenvalue weighted by atomic mass is 32.1. The number of nitrogens with zero attached hydrogens (tertiary/aromatic N) is 2. The molecule has 0 saturated carbocycles. The topological polar surface area (TPSA) is 83.3 Å². The van der Waals surface area contributed by atoms with E-state index in [4.69, 9.17) is 5.73 Å². The summed E-state index contributed by atoms with van der Waals surface area (Å²) in [5, 5.41) is 6.96. The minimum absolute atomic E-state index is 0.0674. The summed E-state index contributed by atoms with van der Waals surface area (Å²) in [6, 6.07) is 0.285. The maximum absolute atomic E-state index is 12.2. The number of amides is 1. The van der Waals surface area contributed by atoms with Gasteiger partial charge in [-0.05, 0) is 45.4 Å². The van der Waals surface area contributed by atoms with Crippen LogP contribution in [0.3, 0.4) is 0 Å². The standard InChI is InChI=1S/C14H27N5OS/c1-6-19(7-2)8-10(5)17-14-11(12(15)18-21-14)13(20)16-9(3)4/h9-10,17H,6-8H2,1-5H3,(H2,15,18)(H,16,20). The third kappa shape index (κ3) is 5.17. The SMILES string of the molecule is CCN(CC)CC(C)Nc1snc(N)c1C(=O)NC(C)C. The molecule has 21 heavy (non-hydrogen) atoms. The molecule has 1 atom stereocenters. The van der Waals surface area contributed by atoms with Crippen LogP contribution in [0.15, 0.2) is 0 Å². The largest absolute Gasteiger partial charge is 0.382 e. The van der Waals surface area contributed by atoms with Crippen molar-refractivity contribution in [1.29, 1.82) is 0 Å². The van der Waals surface area contributed by atoms with Gasteiger partial charge in [0.15, 0.2) is 5.82 Å². The normalized spacial score (nSPS) is 12.7. The van der Waals surface area contributed by atoms with Gasteiger partial charge in [0.25, 0.3) is 5.91 Å². The number of rotatable bonds is 8. The van der Waals surface area contributed by atoms with Crippen LogP contribution in [0.1, 0.15) is 45.0 Å². The van der Waals surface area contributed by atoms with Crippen LogP contribution in [0, 0.1) is 0 Å². The second-order valence-corrected chi connectivity index (χ2v) is 6.20. The van der Waals surface area contributed by atoms with Gasteiger partial charge in [0, 0.05) is 18.6 Å². The number of carbonyl (C=O) groups is 1. The zero-order valence-electron chi connectivity index (χ0n) is 13.6. The van der Waals surface area contributed by atoms with Crippen LogP contribution in [-0.4, -0.2) is 46.9 Å². The predicted octanol–water partition coefficient (Wildman–Crippen LogP) is 2.01. The van der Waals surface area contributed by atoms with E-state index in [9.17, 15) is 4.79 Å². The molecule has 7 heteroatoms. The van der Waals surface area contributed by atoms with Gasteiger partial charge in [0.05, 0.1) is 0 Å². The van der Waals surface area contributed by atoms with Crippen molar-refractivity contribution in [2.24, 2.45) is 0 Å². The van der Waals surface area contributed by atoms with Crippen molar-refractivity contribution in [3.8, 4) is 0 Å². The number of nitrogen functional groups attached to an aromatic ring is 1. The molecule has 1 rings (SSSR count). The summed E-state index contributed by atoms with van der Waals surface area (Å²) in [5.41, 5.74) is 6.29. The minimum Gasteiger partial charge on any atom is -0.382 e. The fourth-order valence-corrected chi connectivity index (χ4v) is 2.92. The van der Waals surface area contributed by atoms with E-state index in [1.54, 1.807) is 0 Å². The van der Waals surface area contributed by atoms with Gasteiger partial charge in [-0.15, -0.1) is 0 Å². The lowest BCUT2D eigenvalue weighted by molar-refractivity contribution is 0.0945. The Kier molecular flexibility index (Phi) is 6.91. The highest BCUT2D eigenvalue weighted by molar-refractivity contribution is 7.11. The molecule has 1 amide bonds. The van der Waals surface area contributed by atoms with Crippen LogP contribution < -0.4 is 16.4 Å². The van der Waals surface area contributed by atoms with Crippen LogP contribution in [0.5, 0.6) is 0 Å². The van der Waals surface area contributed by atoms with E-state index < -0.39 is 0 Å². The molecule has 120 valence electrons. The smallest absolute Gasteiger partial charge is 0.258 e. The average Bonchev–Trinajstić information content (AvgIpc) is 2.76. The number of hydrogen-bond acceptors (Lipinski definition) is 6. The molecule has 0 spiro atoms. The Labute approximate surface area is 131 Å². The van der Waals surface area contributed by atoms with Crippen molar-refractivity contribution in [2.45, 2.75) is 46.7 Å². The van der Waals surface area contributed by atoms with E-state index in [0.29, 0.717) is 5.56 Å². The van der Waals surface area contributed by atoms with Crippen molar-refractivity contribution >= 4 is 28.3 Å². The zero-order valence-corrected chi connectivity index (χ0v) is 14.4. The van der Waals surface area contributed by atoms with Crippen LogP contribution in [0.2, 0.25) is 0 Å². The number of likely N-dealkylation sites (N-methyl/N-ethyl adjacent to an activating group) is 1. The Morgan fingerprint density at radius 3 is 2.48 bits per heavy atom. The lowest BCUT2D eigenvalue weighted by Crippen LogP contribution is -2.35. The summed E-state index contributed by atoms with van der Waals surface area (Å²) in [6.45, 7) is 13.1. The minimum atomic E-state index is -0.172. The van der Waals surface area contributed by atoms with Crippen molar-refractivity contribution in [3.05, 3.63) is 5.56 Å². The molecule has 0 radical (unpaired) electrons. The fourth-order valence-electron chi connectivity index (χ4n) is 2.09. The van der Waals surface area contributed by atoms with Gasteiger partial charge >= 0.3 is 0 Å². The summed E-state index contributed by atoms with van der Waals surface area (Å²) >= 11 is 1.24. The molecule has 0 aliphatic rings. The van der Waals surface area contributed by atoms with Gasteiger partial charge in [-0.2, -0.15) is 4.37 Å². The van der Waals surface area contributed by atoms with Gasteiger partial charge in [-0.3, -0.25) is 4.79 Å². The maximum atomic E-state index is 12.2. The fraction of sp³-hybridized carbons (Fsp3) is 0.714. The second-order valence-electron chi connectivity index (χ2n) is 5.43. The first-order chi connectivity index (χ1) is 9.88. The first-order valence-electron chi connectivity index (χ1n) is 7.43. The highest BCUT2D eigenvalue weighted by Gasteiger charge is 2.21. The summed E-state index contributed by atoms with van der Waals surface area (Å²) in [5.74, 6) is 0.115. The molecule has 1 aromatic heterocycles. The van der Waals surface area contributed by atoms with Gasteiger partial charge in [-0.1, -0.05) is 13.8 Å². The molecule has 4 N–H and O–H groups in total. The number of hydrogen-bond donors (Lipinski definition) is 3. The van der Waals surface area contributed by atoms with Gasteiger partial charge in [0.2, 0.25) is 0 Å². The lowest BCUT2D eigenvalue weighted by Gasteiger charge is -2.23. The Balaban J connectivity index is 2.78. The highest BCUT2D eigenvalue weighted by Crippen LogP contribution is 2.27.